The summed E-state index contributed by atoms with van der Waals surface area (Å²) in [5.74, 6) is 0.171. The van der Waals surface area contributed by atoms with Gasteiger partial charge in [0, 0.05) is 43.8 Å². The summed E-state index contributed by atoms with van der Waals surface area (Å²) in [5.41, 5.74) is 0.421. The predicted octanol–water partition coefficient (Wildman–Crippen LogP) is 7.26. The summed E-state index contributed by atoms with van der Waals surface area (Å²) in [6.45, 7) is 6.08. The number of nitrogens with zero attached hydrogens (tertiary/aromatic N) is 4. The number of aromatic nitrogens is 2. The molecule has 18 heteroatoms. The van der Waals surface area contributed by atoms with Crippen molar-refractivity contribution in [3.05, 3.63) is 56.6 Å². The maximum Gasteiger partial charge on any atom is 0.407 e. The minimum Gasteiger partial charge on any atom is -0.450 e. The lowest BCUT2D eigenvalue weighted by Gasteiger charge is -2.23. The van der Waals surface area contributed by atoms with E-state index in [9.17, 15) is 29.6 Å². The third kappa shape index (κ3) is 13.6. The highest BCUT2D eigenvalue weighted by Gasteiger charge is 2.28. The summed E-state index contributed by atoms with van der Waals surface area (Å²) in [7, 11) is -3.76. The van der Waals surface area contributed by atoms with Gasteiger partial charge in [0.2, 0.25) is 5.52 Å². The third-order valence-electron chi connectivity index (χ3n) is 7.35. The molecule has 270 valence electrons. The van der Waals surface area contributed by atoms with Gasteiger partial charge in [-0.25, -0.2) is 14.0 Å². The lowest BCUT2D eigenvalue weighted by molar-refractivity contribution is -0.384. The van der Waals surface area contributed by atoms with Crippen molar-refractivity contribution in [2.75, 3.05) is 51.0 Å². The van der Waals surface area contributed by atoms with Gasteiger partial charge >= 0.3 is 19.4 Å². The minimum atomic E-state index is -3.76. The molecule has 2 unspecified atom stereocenters. The number of unbranched alkanes of at least 4 members (excludes halogenated alkanes) is 3. The van der Waals surface area contributed by atoms with Gasteiger partial charge in [0.05, 0.1) is 41.5 Å². The Morgan fingerprint density at radius 2 is 1.65 bits per heavy atom. The average Bonchev–Trinajstić information content (AvgIpc) is 3.58. The summed E-state index contributed by atoms with van der Waals surface area (Å²) in [5, 5.41) is 35.2. The van der Waals surface area contributed by atoms with E-state index in [1.807, 2.05) is 0 Å². The normalized spacial score (nSPS) is 13.0. The number of rotatable bonds is 25. The average molecular weight is 709 g/mol. The van der Waals surface area contributed by atoms with E-state index in [0.717, 1.165) is 38.5 Å². The number of non-ortho nitro benzene ring substituents is 2. The van der Waals surface area contributed by atoms with Gasteiger partial charge in [-0.05, 0) is 54.2 Å². The third-order valence-corrected chi connectivity index (χ3v) is 9.24. The van der Waals surface area contributed by atoms with Crippen LogP contribution in [0.15, 0.2) is 41.0 Å². The number of benzene rings is 2. The Kier molecular flexibility index (Phi) is 16.7. The van der Waals surface area contributed by atoms with Crippen LogP contribution in [0.5, 0.6) is 5.75 Å². The Bertz CT molecular complexity index is 1520. The zero-order chi connectivity index (χ0) is 35.5. The molecule has 0 saturated heterocycles. The molecule has 0 aliphatic heterocycles. The molecule has 2 N–H and O–H groups in total. The Morgan fingerprint density at radius 1 is 0.898 bits per heavy atom. The van der Waals surface area contributed by atoms with Gasteiger partial charge in [-0.2, -0.15) is 0 Å². The van der Waals surface area contributed by atoms with Crippen LogP contribution in [0.4, 0.5) is 21.9 Å². The molecule has 0 aliphatic rings. The largest absolute Gasteiger partial charge is 0.450 e. The first-order valence-corrected chi connectivity index (χ1v) is 18.2. The molecule has 2 aromatic carbocycles. The van der Waals surface area contributed by atoms with Crippen molar-refractivity contribution in [3.8, 4) is 5.75 Å². The van der Waals surface area contributed by atoms with Crippen LogP contribution in [-0.2, 0) is 18.6 Å². The monoisotopic (exact) mass is 708 g/mol. The molecule has 3 aromatic rings. The highest BCUT2D eigenvalue weighted by atomic mass is 31.2. The van der Waals surface area contributed by atoms with Crippen LogP contribution in [0.2, 0.25) is 0 Å². The number of fused-ring (bicyclic) bond motifs is 1. The maximum atomic E-state index is 13.9. The first-order valence-electron chi connectivity index (χ1n) is 16.4. The lowest BCUT2D eigenvalue weighted by Crippen LogP contribution is -2.27. The fourth-order valence-electron chi connectivity index (χ4n) is 4.66. The van der Waals surface area contributed by atoms with Gasteiger partial charge in [-0.15, -0.1) is 0 Å². The molecule has 0 radical (unpaired) electrons. The number of carbonyl (C=O) groups excluding carboxylic acids is 1. The van der Waals surface area contributed by atoms with Gasteiger partial charge in [0.15, 0.2) is 5.52 Å². The molecular weight excluding hydrogens is 663 g/mol. The van der Waals surface area contributed by atoms with Crippen molar-refractivity contribution >= 4 is 41.8 Å². The Balaban J connectivity index is 1.47. The highest BCUT2D eigenvalue weighted by Crippen LogP contribution is 2.49. The zero-order valence-electron chi connectivity index (χ0n) is 27.9. The van der Waals surface area contributed by atoms with Gasteiger partial charge in [0.1, 0.15) is 5.75 Å². The van der Waals surface area contributed by atoms with Crippen molar-refractivity contribution < 1.29 is 42.4 Å². The smallest absolute Gasteiger partial charge is 0.407 e. The number of nitro benzene ring substituents is 2. The van der Waals surface area contributed by atoms with Crippen LogP contribution >= 0.6 is 7.60 Å². The molecular formula is C31H45N6O11P. The van der Waals surface area contributed by atoms with Crippen LogP contribution in [0.3, 0.4) is 0 Å². The molecule has 1 heterocycles. The van der Waals surface area contributed by atoms with E-state index in [2.05, 4.69) is 39.4 Å². The van der Waals surface area contributed by atoms with E-state index < -0.39 is 23.5 Å². The van der Waals surface area contributed by atoms with E-state index >= 15 is 0 Å². The number of carbonyl (C=O) groups is 1. The fraction of sp³-hybridized carbons (Fsp3) is 0.581. The SMILES string of the molecule is CCCCCC(COCCCC)COP(=O)(CCCOC(=O)NCCCNc1ccc([N+](=O)[O-])c2nonc12)Oc1ccc([N+](=O)[O-])cc1. The van der Waals surface area contributed by atoms with Crippen LogP contribution in [0.25, 0.3) is 11.0 Å². The maximum absolute atomic E-state index is 13.9. The number of ether oxygens (including phenoxy) is 2. The molecule has 2 atom stereocenters. The first-order chi connectivity index (χ1) is 23.7. The quantitative estimate of drug-likeness (QED) is 0.0383. The number of anilines is 1. The molecule has 0 bridgehead atoms. The summed E-state index contributed by atoms with van der Waals surface area (Å²) in [6.07, 6.45) is 5.85. The second-order valence-electron chi connectivity index (χ2n) is 11.3. The van der Waals surface area contributed by atoms with Crippen LogP contribution < -0.4 is 15.2 Å². The van der Waals surface area contributed by atoms with Crippen LogP contribution in [0.1, 0.15) is 65.2 Å². The number of hydrogen-bond acceptors (Lipinski definition) is 14. The van der Waals surface area contributed by atoms with E-state index in [4.69, 9.17) is 18.5 Å². The van der Waals surface area contributed by atoms with Crippen molar-refractivity contribution in [1.29, 1.82) is 0 Å². The van der Waals surface area contributed by atoms with Gasteiger partial charge in [0.25, 0.3) is 5.69 Å². The van der Waals surface area contributed by atoms with Crippen molar-refractivity contribution in [2.45, 2.75) is 65.2 Å². The number of amides is 1. The zero-order valence-corrected chi connectivity index (χ0v) is 28.8. The van der Waals surface area contributed by atoms with Crippen molar-refractivity contribution in [2.24, 2.45) is 5.92 Å². The second-order valence-corrected chi connectivity index (χ2v) is 13.4. The van der Waals surface area contributed by atoms with E-state index in [1.54, 1.807) is 0 Å². The fourth-order valence-corrected chi connectivity index (χ4v) is 6.33. The summed E-state index contributed by atoms with van der Waals surface area (Å²) in [6, 6.07) is 8.07. The molecule has 0 spiro atoms. The second kappa shape index (κ2) is 20.9. The Hall–Kier alpha value is -4.34. The van der Waals surface area contributed by atoms with Crippen LogP contribution in [-0.4, -0.2) is 71.9 Å². The summed E-state index contributed by atoms with van der Waals surface area (Å²) in [4.78, 5) is 33.4. The van der Waals surface area contributed by atoms with E-state index in [0.29, 0.717) is 31.9 Å². The van der Waals surface area contributed by atoms with E-state index in [-0.39, 0.29) is 66.4 Å². The first kappa shape index (κ1) is 39.1. The molecule has 3 rings (SSSR count). The van der Waals surface area contributed by atoms with Crippen molar-refractivity contribution in [3.63, 3.8) is 0 Å². The summed E-state index contributed by atoms with van der Waals surface area (Å²) < 4.78 is 41.4. The number of nitrogens with one attached hydrogen (secondary N) is 2. The summed E-state index contributed by atoms with van der Waals surface area (Å²) >= 11 is 0. The molecule has 1 amide bonds. The van der Waals surface area contributed by atoms with Gasteiger partial charge in [-0.1, -0.05) is 39.5 Å². The molecule has 0 fully saturated rings. The molecule has 1 aromatic heterocycles. The topological polar surface area (TPSA) is 220 Å². The van der Waals surface area contributed by atoms with Gasteiger partial charge in [-0.3, -0.25) is 24.8 Å². The molecule has 0 aliphatic carbocycles. The Labute approximate surface area is 284 Å². The minimum absolute atomic E-state index is 0.00719. The number of hydrogen-bond donors (Lipinski definition) is 2. The van der Waals surface area contributed by atoms with Crippen molar-refractivity contribution in [1.82, 2.24) is 15.6 Å². The van der Waals surface area contributed by atoms with E-state index in [1.165, 1.54) is 36.4 Å². The number of nitro groups is 2. The molecule has 0 saturated carbocycles. The highest BCUT2D eigenvalue weighted by molar-refractivity contribution is 7.54. The Morgan fingerprint density at radius 3 is 2.37 bits per heavy atom. The predicted molar refractivity (Wildman–Crippen MR) is 181 cm³/mol. The standard InChI is InChI=1S/C31H45N6O11P/c1-3-5-7-10-24(22-44-19-6-4-2)23-46-49(43,47-26-13-11-25(12-14-26)36(39)40)21-9-20-45-31(38)33-18-8-17-32-27-15-16-28(37(41)42)30-29(27)34-48-35-30/h11-16,24,32H,3-10,17-23H2,1-2H3,(H,33,38). The number of alkyl carbamates (subject to hydrolysis) is 1. The lowest BCUT2D eigenvalue weighted by atomic mass is 10.0. The van der Waals surface area contributed by atoms with Gasteiger partial charge < -0.3 is 24.6 Å². The van der Waals surface area contributed by atoms with Crippen LogP contribution in [0, 0.1) is 26.1 Å². The molecule has 49 heavy (non-hydrogen) atoms. The molecule has 17 nitrogen and oxygen atoms in total.